The topological polar surface area (TPSA) is 134 Å². The van der Waals surface area contributed by atoms with Crippen LogP contribution in [0.5, 0.6) is 0 Å². The molecule has 0 radical (unpaired) electrons. The average molecular weight is 685 g/mol. The zero-order valence-corrected chi connectivity index (χ0v) is 29.3. The van der Waals surface area contributed by atoms with Crippen molar-refractivity contribution < 1.29 is 32.9 Å². The van der Waals surface area contributed by atoms with Crippen molar-refractivity contribution in [2.45, 2.75) is 58.8 Å². The summed E-state index contributed by atoms with van der Waals surface area (Å²) < 4.78 is 32.1. The first kappa shape index (κ1) is 37.3. The number of nitrogens with one attached hydrogen (secondary N) is 1. The number of ether oxygens (including phenoxy) is 2. The summed E-state index contributed by atoms with van der Waals surface area (Å²) in [6.07, 6.45) is -1.29. The van der Waals surface area contributed by atoms with E-state index in [2.05, 4.69) is 5.32 Å². The van der Waals surface area contributed by atoms with Crippen molar-refractivity contribution in [2.75, 3.05) is 6.16 Å². The third-order valence-electron chi connectivity index (χ3n) is 8.00. The van der Waals surface area contributed by atoms with Crippen LogP contribution in [-0.2, 0) is 46.0 Å². The van der Waals surface area contributed by atoms with Crippen molar-refractivity contribution in [3.05, 3.63) is 132 Å². The lowest BCUT2D eigenvalue weighted by atomic mass is 9.97. The van der Waals surface area contributed by atoms with Crippen LogP contribution in [0.2, 0.25) is 0 Å². The highest BCUT2D eigenvalue weighted by molar-refractivity contribution is 7.59. The van der Waals surface area contributed by atoms with Gasteiger partial charge < -0.3 is 20.5 Å². The lowest BCUT2D eigenvalue weighted by molar-refractivity contribution is -0.166. The largest absolute Gasteiger partial charge is 0.459 e. The standard InChI is InChI=1S/C39H45N2O7P/c1-27(2)39(47-29(4)42)48-49(45,36(40)34-18-12-7-13-19-34)26-35(24-30-20-22-33(23-21-30)32-16-10-6-11-17-32)37(43)41-28(3)38(44)46-25-31-14-8-5-9-15-31/h5-23,27-28,35-36,39H,24-26,40H2,1-4H3,(H,41,43)/t28-,35-,36?,39?,49?/m1/s1. The lowest BCUT2D eigenvalue weighted by Crippen LogP contribution is -2.44. The van der Waals surface area contributed by atoms with Gasteiger partial charge in [-0.25, -0.2) is 4.79 Å². The van der Waals surface area contributed by atoms with Gasteiger partial charge in [0.25, 0.3) is 0 Å². The Kier molecular flexibility index (Phi) is 13.5. The summed E-state index contributed by atoms with van der Waals surface area (Å²) >= 11 is 0. The van der Waals surface area contributed by atoms with Crippen LogP contribution in [0.3, 0.4) is 0 Å². The highest BCUT2D eigenvalue weighted by Crippen LogP contribution is 2.60. The molecule has 5 atom stereocenters. The molecule has 0 aromatic heterocycles. The summed E-state index contributed by atoms with van der Waals surface area (Å²) in [5, 5.41) is 2.77. The number of carbonyl (C=O) groups excluding carboxylic acids is 3. The average Bonchev–Trinajstić information content (AvgIpc) is 3.11. The summed E-state index contributed by atoms with van der Waals surface area (Å²) in [6.45, 7) is 6.38. The molecule has 0 saturated heterocycles. The number of nitrogens with two attached hydrogens (primary N) is 1. The monoisotopic (exact) mass is 684 g/mol. The van der Waals surface area contributed by atoms with Crippen molar-refractivity contribution >= 4 is 25.2 Å². The van der Waals surface area contributed by atoms with Crippen LogP contribution in [-0.4, -0.2) is 36.3 Å². The van der Waals surface area contributed by atoms with Crippen molar-refractivity contribution in [3.8, 4) is 11.1 Å². The summed E-state index contributed by atoms with van der Waals surface area (Å²) in [7, 11) is -4.00. The van der Waals surface area contributed by atoms with Crippen LogP contribution in [0.15, 0.2) is 115 Å². The SMILES string of the molecule is CC(=O)OC(OP(=O)(C[C@@H](Cc1ccc(-c2ccccc2)cc1)C(=O)N[C@H](C)C(=O)OCc1ccccc1)C(N)c1ccccc1)C(C)C. The Hall–Kier alpha value is -4.56. The van der Waals surface area contributed by atoms with E-state index in [-0.39, 0.29) is 25.1 Å². The predicted molar refractivity (Wildman–Crippen MR) is 190 cm³/mol. The summed E-state index contributed by atoms with van der Waals surface area (Å²) in [4.78, 5) is 38.9. The number of benzene rings is 4. The molecule has 0 spiro atoms. The second-order valence-electron chi connectivity index (χ2n) is 12.4. The van der Waals surface area contributed by atoms with E-state index in [9.17, 15) is 14.4 Å². The first-order valence-corrected chi connectivity index (χ1v) is 18.2. The van der Waals surface area contributed by atoms with Crippen LogP contribution >= 0.6 is 7.37 Å². The predicted octanol–water partition coefficient (Wildman–Crippen LogP) is 7.26. The molecule has 0 fully saturated rings. The second kappa shape index (κ2) is 17.7. The fourth-order valence-electron chi connectivity index (χ4n) is 5.26. The van der Waals surface area contributed by atoms with Crippen LogP contribution < -0.4 is 11.1 Å². The minimum absolute atomic E-state index is 0.0544. The van der Waals surface area contributed by atoms with E-state index in [4.69, 9.17) is 19.7 Å². The molecule has 0 aliphatic rings. The second-order valence-corrected chi connectivity index (χ2v) is 15.0. The van der Waals surface area contributed by atoms with Gasteiger partial charge in [0.05, 0.1) is 5.92 Å². The molecule has 4 aromatic rings. The lowest BCUT2D eigenvalue weighted by Gasteiger charge is -2.33. The van der Waals surface area contributed by atoms with Crippen LogP contribution in [0.4, 0.5) is 0 Å². The maximum Gasteiger partial charge on any atom is 0.328 e. The van der Waals surface area contributed by atoms with Crippen LogP contribution in [0, 0.1) is 11.8 Å². The van der Waals surface area contributed by atoms with Gasteiger partial charge in [0.1, 0.15) is 18.4 Å². The normalized spacial score (nSPS) is 14.9. The van der Waals surface area contributed by atoms with Gasteiger partial charge in [-0.15, -0.1) is 0 Å². The van der Waals surface area contributed by atoms with E-state index in [1.54, 1.807) is 38.1 Å². The van der Waals surface area contributed by atoms with Gasteiger partial charge in [0.2, 0.25) is 19.6 Å². The minimum Gasteiger partial charge on any atom is -0.459 e. The van der Waals surface area contributed by atoms with Gasteiger partial charge in [-0.05, 0) is 41.2 Å². The Bertz CT molecular complexity index is 1700. The maximum atomic E-state index is 15.0. The molecule has 1 amide bonds. The molecule has 0 bridgehead atoms. The van der Waals surface area contributed by atoms with Gasteiger partial charge in [-0.2, -0.15) is 0 Å². The first-order valence-electron chi connectivity index (χ1n) is 16.4. The minimum atomic E-state index is -4.00. The first-order chi connectivity index (χ1) is 23.4. The van der Waals surface area contributed by atoms with Crippen molar-refractivity contribution in [1.82, 2.24) is 5.32 Å². The molecule has 258 valence electrons. The van der Waals surface area contributed by atoms with Gasteiger partial charge in [0, 0.05) is 19.0 Å². The van der Waals surface area contributed by atoms with E-state index in [0.29, 0.717) is 5.56 Å². The molecule has 0 aliphatic carbocycles. The molecule has 49 heavy (non-hydrogen) atoms. The van der Waals surface area contributed by atoms with E-state index in [1.807, 2.05) is 91.0 Å². The Morgan fingerprint density at radius 3 is 1.88 bits per heavy atom. The summed E-state index contributed by atoms with van der Waals surface area (Å²) in [5.74, 6) is -4.17. The number of esters is 2. The molecule has 0 saturated carbocycles. The summed E-state index contributed by atoms with van der Waals surface area (Å²) in [6, 6.07) is 34.7. The summed E-state index contributed by atoms with van der Waals surface area (Å²) in [5.41, 5.74) is 10.9. The Morgan fingerprint density at radius 1 is 0.755 bits per heavy atom. The fourth-order valence-corrected chi connectivity index (χ4v) is 7.88. The number of hydrogen-bond acceptors (Lipinski definition) is 8. The molecule has 9 nitrogen and oxygen atoms in total. The molecular weight excluding hydrogens is 639 g/mol. The third-order valence-corrected chi connectivity index (χ3v) is 10.7. The Labute approximate surface area is 288 Å². The van der Waals surface area contributed by atoms with Crippen molar-refractivity contribution in [2.24, 2.45) is 17.6 Å². The van der Waals surface area contributed by atoms with Gasteiger partial charge >= 0.3 is 11.9 Å². The highest BCUT2D eigenvalue weighted by atomic mass is 31.2. The molecule has 4 rings (SSSR count). The van der Waals surface area contributed by atoms with Crippen LogP contribution in [0.1, 0.15) is 50.2 Å². The van der Waals surface area contributed by atoms with Gasteiger partial charge in [0.15, 0.2) is 0 Å². The Balaban J connectivity index is 1.64. The van der Waals surface area contributed by atoms with Crippen molar-refractivity contribution in [1.29, 1.82) is 0 Å². The number of carbonyl (C=O) groups is 3. The molecule has 0 aliphatic heterocycles. The van der Waals surface area contributed by atoms with E-state index in [0.717, 1.165) is 22.3 Å². The molecule has 0 heterocycles. The van der Waals surface area contributed by atoms with Crippen molar-refractivity contribution in [3.63, 3.8) is 0 Å². The molecule has 3 N–H and O–H groups in total. The third kappa shape index (κ3) is 11.0. The zero-order valence-electron chi connectivity index (χ0n) is 28.4. The molecule has 4 aromatic carbocycles. The van der Waals surface area contributed by atoms with Gasteiger partial charge in [-0.3, -0.25) is 18.7 Å². The Morgan fingerprint density at radius 2 is 1.31 bits per heavy atom. The fraction of sp³-hybridized carbons (Fsp3) is 0.308. The smallest absolute Gasteiger partial charge is 0.328 e. The molecular formula is C39H45N2O7P. The maximum absolute atomic E-state index is 15.0. The molecule has 3 unspecified atom stereocenters. The number of hydrogen-bond donors (Lipinski definition) is 2. The molecule has 10 heteroatoms. The zero-order chi connectivity index (χ0) is 35.4. The quantitative estimate of drug-likeness (QED) is 0.0716. The van der Waals surface area contributed by atoms with E-state index >= 15 is 4.57 Å². The highest BCUT2D eigenvalue weighted by Gasteiger charge is 2.41. The number of rotatable bonds is 16. The van der Waals surface area contributed by atoms with E-state index < -0.39 is 49.2 Å². The van der Waals surface area contributed by atoms with Gasteiger partial charge in [-0.1, -0.05) is 129 Å². The van der Waals surface area contributed by atoms with Crippen LogP contribution in [0.25, 0.3) is 11.1 Å². The number of amides is 1. The van der Waals surface area contributed by atoms with E-state index in [1.165, 1.54) is 13.8 Å².